The lowest BCUT2D eigenvalue weighted by Crippen LogP contribution is -2.50. The summed E-state index contributed by atoms with van der Waals surface area (Å²) in [6, 6.07) is 9.34. The second-order valence-corrected chi connectivity index (χ2v) is 10.7. The topological polar surface area (TPSA) is 100 Å². The number of aliphatic hydroxyl groups is 1. The van der Waals surface area contributed by atoms with E-state index in [0.29, 0.717) is 11.3 Å². The van der Waals surface area contributed by atoms with E-state index in [1.807, 2.05) is 13.8 Å². The quantitative estimate of drug-likeness (QED) is 0.614. The Morgan fingerprint density at radius 1 is 1.34 bits per heavy atom. The zero-order valence-corrected chi connectivity index (χ0v) is 21.5. The molecule has 2 heterocycles. The number of fused-ring (bicyclic) bond motifs is 1. The lowest BCUT2D eigenvalue weighted by Gasteiger charge is -2.37. The third-order valence-electron chi connectivity index (χ3n) is 5.96. The zero-order chi connectivity index (χ0) is 25.6. The van der Waals surface area contributed by atoms with Crippen LogP contribution in [0.5, 0.6) is 5.75 Å². The molecule has 0 fully saturated rings. The number of hydrogen-bond donors (Lipinski definition) is 1. The van der Waals surface area contributed by atoms with Gasteiger partial charge >= 0.3 is 0 Å². The van der Waals surface area contributed by atoms with Crippen molar-refractivity contribution in [1.82, 2.24) is 14.2 Å². The van der Waals surface area contributed by atoms with Crippen molar-refractivity contribution in [3.05, 3.63) is 53.9 Å². The predicted octanol–water partition coefficient (Wildman–Crippen LogP) is 2.77. The average Bonchev–Trinajstić information content (AvgIpc) is 2.85. The molecule has 8 nitrogen and oxygen atoms in total. The Hall–Kier alpha value is -2.93. The highest BCUT2D eigenvalue weighted by Crippen LogP contribution is 2.34. The normalized spacial score (nSPS) is 20.3. The van der Waals surface area contributed by atoms with Gasteiger partial charge in [-0.05, 0) is 43.7 Å². The molecule has 9 heteroatoms. The highest BCUT2D eigenvalue weighted by atomic mass is 32.2. The maximum atomic E-state index is 13.5. The zero-order valence-electron chi connectivity index (χ0n) is 20.6. The van der Waals surface area contributed by atoms with Crippen LogP contribution in [0.4, 0.5) is 0 Å². The number of benzene rings is 1. The predicted molar refractivity (Wildman–Crippen MR) is 133 cm³/mol. The van der Waals surface area contributed by atoms with Crippen LogP contribution in [0.2, 0.25) is 0 Å². The molecule has 2 aromatic rings. The fraction of sp³-hybridized carbons (Fsp3) is 0.462. The standard InChI is InChI=1S/C26H33N3O5S/c1-5-6-7-10-21-12-13-25-23(15-21)34-24(17-28(4)26(31)22-11-8-9-14-27-22)19(2)16-29(20(3)18-30)35(25,32)33/h8-9,11-15,19-20,24,30H,5-6,16-18H2,1-4H3/t19-,20-,24-/m0/s1. The van der Waals surface area contributed by atoms with Gasteiger partial charge in [-0.3, -0.25) is 9.78 Å². The van der Waals surface area contributed by atoms with Crippen LogP contribution in [-0.2, 0) is 10.0 Å². The number of pyridine rings is 1. The molecule has 0 radical (unpaired) electrons. The first kappa shape index (κ1) is 26.7. The number of rotatable bonds is 6. The highest BCUT2D eigenvalue weighted by molar-refractivity contribution is 7.89. The first-order valence-electron chi connectivity index (χ1n) is 11.8. The molecule has 1 aliphatic rings. The lowest BCUT2D eigenvalue weighted by atomic mass is 10.0. The summed E-state index contributed by atoms with van der Waals surface area (Å²) in [5.41, 5.74) is 0.972. The van der Waals surface area contributed by atoms with Crippen molar-refractivity contribution >= 4 is 15.9 Å². The second kappa shape index (κ2) is 11.7. The Morgan fingerprint density at radius 3 is 2.77 bits per heavy atom. The molecular weight excluding hydrogens is 466 g/mol. The molecule has 0 bridgehead atoms. The first-order valence-corrected chi connectivity index (χ1v) is 13.2. The molecule has 0 aliphatic carbocycles. The molecule has 3 atom stereocenters. The van der Waals surface area contributed by atoms with Crippen molar-refractivity contribution in [2.24, 2.45) is 5.92 Å². The van der Waals surface area contributed by atoms with Crippen LogP contribution in [0.1, 0.15) is 49.7 Å². The summed E-state index contributed by atoms with van der Waals surface area (Å²) in [6.45, 7) is 5.64. The van der Waals surface area contributed by atoms with Crippen LogP contribution in [0, 0.1) is 17.8 Å². The number of unbranched alkanes of at least 4 members (excludes halogenated alkanes) is 1. The highest BCUT2D eigenvalue weighted by Gasteiger charge is 2.38. The van der Waals surface area contributed by atoms with E-state index >= 15 is 0 Å². The third kappa shape index (κ3) is 6.20. The van der Waals surface area contributed by atoms with Gasteiger partial charge < -0.3 is 14.7 Å². The summed E-state index contributed by atoms with van der Waals surface area (Å²) in [5, 5.41) is 9.77. The Balaban J connectivity index is 2.01. The lowest BCUT2D eigenvalue weighted by molar-refractivity contribution is 0.0559. The molecule has 1 aromatic carbocycles. The molecule has 35 heavy (non-hydrogen) atoms. The smallest absolute Gasteiger partial charge is 0.272 e. The second-order valence-electron chi connectivity index (χ2n) is 8.85. The Labute approximate surface area is 208 Å². The van der Waals surface area contributed by atoms with Crippen LogP contribution < -0.4 is 4.74 Å². The van der Waals surface area contributed by atoms with Gasteiger partial charge in [-0.15, -0.1) is 0 Å². The minimum Gasteiger partial charge on any atom is -0.487 e. The van der Waals surface area contributed by atoms with Gasteiger partial charge in [0.1, 0.15) is 22.4 Å². The summed E-state index contributed by atoms with van der Waals surface area (Å²) < 4.78 is 34.7. The number of carbonyl (C=O) groups excluding carboxylic acids is 1. The molecule has 0 unspecified atom stereocenters. The van der Waals surface area contributed by atoms with E-state index in [-0.39, 0.29) is 42.2 Å². The van der Waals surface area contributed by atoms with E-state index in [4.69, 9.17) is 4.74 Å². The minimum absolute atomic E-state index is 0.0226. The van der Waals surface area contributed by atoms with Gasteiger partial charge in [-0.1, -0.05) is 31.8 Å². The molecule has 3 rings (SSSR count). The first-order chi connectivity index (χ1) is 16.7. The fourth-order valence-corrected chi connectivity index (χ4v) is 5.67. The Bertz CT molecular complexity index is 1190. The molecule has 1 aromatic heterocycles. The van der Waals surface area contributed by atoms with Crippen LogP contribution >= 0.6 is 0 Å². The van der Waals surface area contributed by atoms with Gasteiger partial charge in [0.15, 0.2) is 0 Å². The Morgan fingerprint density at radius 2 is 2.11 bits per heavy atom. The van der Waals surface area contributed by atoms with Crippen molar-refractivity contribution in [2.45, 2.75) is 50.7 Å². The number of nitrogens with zero attached hydrogens (tertiary/aromatic N) is 3. The summed E-state index contributed by atoms with van der Waals surface area (Å²) in [7, 11) is -2.26. The van der Waals surface area contributed by atoms with Gasteiger partial charge in [0.05, 0.1) is 13.2 Å². The van der Waals surface area contributed by atoms with Crippen molar-refractivity contribution in [3.8, 4) is 17.6 Å². The number of hydrogen-bond acceptors (Lipinski definition) is 6. The maximum absolute atomic E-state index is 13.5. The summed E-state index contributed by atoms with van der Waals surface area (Å²) in [5.74, 6) is 5.79. The van der Waals surface area contributed by atoms with Crippen LogP contribution in [0.15, 0.2) is 47.5 Å². The number of carbonyl (C=O) groups is 1. The molecule has 1 N–H and O–H groups in total. The summed E-state index contributed by atoms with van der Waals surface area (Å²) >= 11 is 0. The molecule has 1 amide bonds. The summed E-state index contributed by atoms with van der Waals surface area (Å²) in [4.78, 5) is 18.6. The number of amides is 1. The van der Waals surface area contributed by atoms with Crippen molar-refractivity contribution in [1.29, 1.82) is 0 Å². The number of aromatic nitrogens is 1. The minimum atomic E-state index is -3.93. The largest absolute Gasteiger partial charge is 0.487 e. The number of sulfonamides is 1. The monoisotopic (exact) mass is 499 g/mol. The van der Waals surface area contributed by atoms with Crippen molar-refractivity contribution in [2.75, 3.05) is 26.7 Å². The van der Waals surface area contributed by atoms with Gasteiger partial charge in [0.25, 0.3) is 5.91 Å². The van der Waals surface area contributed by atoms with E-state index in [9.17, 15) is 18.3 Å². The van der Waals surface area contributed by atoms with E-state index in [1.165, 1.54) is 15.3 Å². The number of aliphatic hydroxyl groups excluding tert-OH is 1. The van der Waals surface area contributed by atoms with Gasteiger partial charge in [-0.25, -0.2) is 8.42 Å². The van der Waals surface area contributed by atoms with Crippen LogP contribution in [-0.4, -0.2) is 72.5 Å². The van der Waals surface area contributed by atoms with Crippen LogP contribution in [0.3, 0.4) is 0 Å². The maximum Gasteiger partial charge on any atom is 0.272 e. The van der Waals surface area contributed by atoms with E-state index < -0.39 is 22.2 Å². The van der Waals surface area contributed by atoms with Gasteiger partial charge in [-0.2, -0.15) is 4.31 Å². The molecule has 0 spiro atoms. The van der Waals surface area contributed by atoms with E-state index in [0.717, 1.165) is 12.8 Å². The SMILES string of the molecule is CCCC#Cc1ccc2c(c1)O[C@@H](CN(C)C(=O)c1ccccn1)[C@@H](C)CN([C@@H](C)CO)S2(=O)=O. The van der Waals surface area contributed by atoms with Crippen molar-refractivity contribution in [3.63, 3.8) is 0 Å². The third-order valence-corrected chi connectivity index (χ3v) is 7.98. The summed E-state index contributed by atoms with van der Waals surface area (Å²) in [6.07, 6.45) is 2.71. The van der Waals surface area contributed by atoms with E-state index in [1.54, 1.807) is 50.5 Å². The molecule has 0 saturated heterocycles. The van der Waals surface area contributed by atoms with Crippen LogP contribution in [0.25, 0.3) is 0 Å². The molecule has 0 saturated carbocycles. The van der Waals surface area contributed by atoms with E-state index in [2.05, 4.69) is 16.8 Å². The average molecular weight is 500 g/mol. The fourth-order valence-electron chi connectivity index (χ4n) is 3.85. The van der Waals surface area contributed by atoms with Gasteiger partial charge in [0.2, 0.25) is 10.0 Å². The number of likely N-dealkylation sites (N-methyl/N-ethyl adjacent to an activating group) is 1. The molecule has 1 aliphatic heterocycles. The van der Waals surface area contributed by atoms with Crippen molar-refractivity contribution < 1.29 is 23.1 Å². The molecule has 188 valence electrons. The Kier molecular flexibility index (Phi) is 8.89. The van der Waals surface area contributed by atoms with Gasteiger partial charge in [0, 0.05) is 43.7 Å². The number of ether oxygens (including phenoxy) is 1. The molecular formula is C26H33N3O5S.